The number of aryl methyl sites for hydroxylation is 1. The summed E-state index contributed by atoms with van der Waals surface area (Å²) >= 11 is 1.53. The van der Waals surface area contributed by atoms with Gasteiger partial charge in [0.05, 0.1) is 23.4 Å². The van der Waals surface area contributed by atoms with Gasteiger partial charge in [-0.1, -0.05) is 12.1 Å². The van der Waals surface area contributed by atoms with Crippen molar-refractivity contribution >= 4 is 39.7 Å². The molecule has 4 rings (SSSR count). The van der Waals surface area contributed by atoms with Crippen molar-refractivity contribution in [3.05, 3.63) is 71.5 Å². The highest BCUT2D eigenvalue weighted by atomic mass is 32.1. The number of nitrogens with zero attached hydrogens (tertiary/aromatic N) is 5. The van der Waals surface area contributed by atoms with Crippen LogP contribution in [-0.4, -0.2) is 24.9 Å². The third-order valence-corrected chi connectivity index (χ3v) is 4.96. The Morgan fingerprint density at radius 1 is 0.933 bits per heavy atom. The van der Waals surface area contributed by atoms with E-state index in [9.17, 15) is 4.39 Å². The Morgan fingerprint density at radius 3 is 2.37 bits per heavy atom. The van der Waals surface area contributed by atoms with Gasteiger partial charge in [0, 0.05) is 18.5 Å². The predicted molar refractivity (Wildman–Crippen MR) is 116 cm³/mol. The topological polar surface area (TPSA) is 101 Å². The fraction of sp³-hybridized carbons (Fsp3) is 0.150. The molecule has 0 bridgehead atoms. The maximum Gasteiger partial charge on any atom is 0.227 e. The summed E-state index contributed by atoms with van der Waals surface area (Å²) in [7, 11) is 0. The van der Waals surface area contributed by atoms with E-state index in [1.807, 2.05) is 13.8 Å². The van der Waals surface area contributed by atoms with Crippen molar-refractivity contribution in [3.8, 4) is 0 Å². The highest BCUT2D eigenvalue weighted by Gasteiger charge is 2.11. The molecule has 3 heterocycles. The van der Waals surface area contributed by atoms with Gasteiger partial charge in [0.25, 0.3) is 0 Å². The molecule has 3 aromatic heterocycles. The number of halogens is 1. The number of benzene rings is 1. The van der Waals surface area contributed by atoms with Crippen molar-refractivity contribution in [2.75, 3.05) is 16.0 Å². The van der Waals surface area contributed by atoms with Gasteiger partial charge in [-0.25, -0.2) is 14.4 Å². The molecule has 152 valence electrons. The SMILES string of the molecule is Cc1ncc(Nc2cc(Nc3cnccn3)nc(N[C@@H](C)c3ccc(F)cc3)n2)s1. The maximum atomic E-state index is 13.2. The Morgan fingerprint density at radius 2 is 1.70 bits per heavy atom. The smallest absolute Gasteiger partial charge is 0.227 e. The summed E-state index contributed by atoms with van der Waals surface area (Å²) in [6.07, 6.45) is 6.56. The first-order valence-electron chi connectivity index (χ1n) is 9.19. The van der Waals surface area contributed by atoms with Gasteiger partial charge in [-0.05, 0) is 31.5 Å². The van der Waals surface area contributed by atoms with Crippen molar-refractivity contribution < 1.29 is 4.39 Å². The molecule has 4 aromatic rings. The van der Waals surface area contributed by atoms with Crippen LogP contribution in [0.25, 0.3) is 0 Å². The Bertz CT molecular complexity index is 1120. The van der Waals surface area contributed by atoms with Crippen LogP contribution in [0.3, 0.4) is 0 Å². The largest absolute Gasteiger partial charge is 0.348 e. The fourth-order valence-electron chi connectivity index (χ4n) is 2.71. The average Bonchev–Trinajstić information content (AvgIpc) is 3.13. The van der Waals surface area contributed by atoms with Crippen LogP contribution in [-0.2, 0) is 0 Å². The first kappa shape index (κ1) is 19.6. The van der Waals surface area contributed by atoms with Crippen LogP contribution >= 0.6 is 11.3 Å². The molecule has 0 radical (unpaired) electrons. The van der Waals surface area contributed by atoms with Crippen molar-refractivity contribution in [1.29, 1.82) is 0 Å². The van der Waals surface area contributed by atoms with Crippen LogP contribution in [0.15, 0.2) is 55.1 Å². The Balaban J connectivity index is 1.61. The summed E-state index contributed by atoms with van der Waals surface area (Å²) in [5.74, 6) is 1.83. The molecule has 30 heavy (non-hydrogen) atoms. The molecule has 3 N–H and O–H groups in total. The van der Waals surface area contributed by atoms with Crippen molar-refractivity contribution in [2.24, 2.45) is 0 Å². The van der Waals surface area contributed by atoms with Crippen LogP contribution in [0.2, 0.25) is 0 Å². The molecule has 0 saturated carbocycles. The molecule has 1 atom stereocenters. The van der Waals surface area contributed by atoms with Gasteiger partial charge in [-0.2, -0.15) is 9.97 Å². The van der Waals surface area contributed by atoms with Crippen LogP contribution in [0.1, 0.15) is 23.5 Å². The van der Waals surface area contributed by atoms with Crippen LogP contribution in [0, 0.1) is 12.7 Å². The van der Waals surface area contributed by atoms with Crippen LogP contribution < -0.4 is 16.0 Å². The van der Waals surface area contributed by atoms with E-state index in [1.54, 1.807) is 43.0 Å². The van der Waals surface area contributed by atoms with Gasteiger partial charge in [0.2, 0.25) is 5.95 Å². The molecule has 0 unspecified atom stereocenters. The molecule has 0 fully saturated rings. The summed E-state index contributed by atoms with van der Waals surface area (Å²) in [5, 5.41) is 11.5. The Kier molecular flexibility index (Phi) is 5.75. The summed E-state index contributed by atoms with van der Waals surface area (Å²) < 4.78 is 13.2. The minimum atomic E-state index is -0.274. The van der Waals surface area contributed by atoms with Gasteiger partial charge < -0.3 is 16.0 Å². The maximum absolute atomic E-state index is 13.2. The van der Waals surface area contributed by atoms with Crippen molar-refractivity contribution in [1.82, 2.24) is 24.9 Å². The second kappa shape index (κ2) is 8.78. The standard InChI is InChI=1S/C20H19FN8S/c1-12(14-3-5-15(21)6-4-14)25-20-28-16(26-18-10-22-7-8-23-18)9-17(29-20)27-19-11-24-13(2)30-19/h3-12H,1-2H3,(H3,23,25,26,27,28,29)/t12-/m0/s1. The second-order valence-electron chi connectivity index (χ2n) is 6.46. The van der Waals surface area contributed by atoms with Crippen LogP contribution in [0.4, 0.5) is 32.8 Å². The Labute approximate surface area is 176 Å². The van der Waals surface area contributed by atoms with Gasteiger partial charge in [-0.3, -0.25) is 4.98 Å². The van der Waals surface area contributed by atoms with E-state index in [0.29, 0.717) is 23.4 Å². The average molecular weight is 422 g/mol. The molecule has 0 aliphatic rings. The van der Waals surface area contributed by atoms with Crippen molar-refractivity contribution in [3.63, 3.8) is 0 Å². The predicted octanol–water partition coefficient (Wildman–Crippen LogP) is 4.83. The van der Waals surface area contributed by atoms with Gasteiger partial charge in [0.15, 0.2) is 0 Å². The third kappa shape index (κ3) is 5.03. The van der Waals surface area contributed by atoms with E-state index in [2.05, 4.69) is 40.9 Å². The first-order valence-corrected chi connectivity index (χ1v) is 10.0. The monoisotopic (exact) mass is 422 g/mol. The lowest BCUT2D eigenvalue weighted by Gasteiger charge is -2.16. The van der Waals surface area contributed by atoms with Gasteiger partial charge in [-0.15, -0.1) is 11.3 Å². The van der Waals surface area contributed by atoms with Crippen molar-refractivity contribution in [2.45, 2.75) is 19.9 Å². The summed E-state index contributed by atoms with van der Waals surface area (Å²) in [6.45, 7) is 3.90. The normalized spacial score (nSPS) is 11.7. The fourth-order valence-corrected chi connectivity index (χ4v) is 3.39. The van der Waals surface area contributed by atoms with E-state index in [4.69, 9.17) is 0 Å². The van der Waals surface area contributed by atoms with E-state index >= 15 is 0 Å². The molecule has 0 aliphatic heterocycles. The van der Waals surface area contributed by atoms with Gasteiger partial charge in [0.1, 0.15) is 28.3 Å². The van der Waals surface area contributed by atoms with Crippen LogP contribution in [0.5, 0.6) is 0 Å². The highest BCUT2D eigenvalue weighted by Crippen LogP contribution is 2.26. The zero-order chi connectivity index (χ0) is 20.9. The zero-order valence-corrected chi connectivity index (χ0v) is 17.1. The molecule has 1 aromatic carbocycles. The summed E-state index contributed by atoms with van der Waals surface area (Å²) in [4.78, 5) is 21.6. The van der Waals surface area contributed by atoms with E-state index in [0.717, 1.165) is 15.6 Å². The minimum absolute atomic E-state index is 0.129. The first-order chi connectivity index (χ1) is 14.5. The molecule has 0 aliphatic carbocycles. The molecule has 0 spiro atoms. The molecular formula is C20H19FN8S. The van der Waals surface area contributed by atoms with E-state index in [-0.39, 0.29) is 11.9 Å². The molecule has 0 amide bonds. The number of hydrogen-bond donors (Lipinski definition) is 3. The molecule has 0 saturated heterocycles. The number of anilines is 5. The Hall–Kier alpha value is -3.66. The third-order valence-electron chi connectivity index (χ3n) is 4.13. The summed E-state index contributed by atoms with van der Waals surface area (Å²) in [6, 6.07) is 7.97. The zero-order valence-electron chi connectivity index (χ0n) is 16.3. The summed E-state index contributed by atoms with van der Waals surface area (Å²) in [5.41, 5.74) is 0.917. The number of hydrogen-bond acceptors (Lipinski definition) is 9. The lowest BCUT2D eigenvalue weighted by Crippen LogP contribution is -2.11. The minimum Gasteiger partial charge on any atom is -0.348 e. The van der Waals surface area contributed by atoms with E-state index < -0.39 is 0 Å². The second-order valence-corrected chi connectivity index (χ2v) is 7.70. The van der Waals surface area contributed by atoms with E-state index in [1.165, 1.54) is 23.5 Å². The number of thiazole rings is 1. The number of rotatable bonds is 7. The highest BCUT2D eigenvalue weighted by molar-refractivity contribution is 7.15. The lowest BCUT2D eigenvalue weighted by molar-refractivity contribution is 0.626. The quantitative estimate of drug-likeness (QED) is 0.389. The molecule has 8 nitrogen and oxygen atoms in total. The number of nitrogens with one attached hydrogen (secondary N) is 3. The molecular weight excluding hydrogens is 403 g/mol. The lowest BCUT2D eigenvalue weighted by atomic mass is 10.1. The number of aromatic nitrogens is 5. The molecule has 10 heteroatoms. The van der Waals surface area contributed by atoms with Gasteiger partial charge >= 0.3 is 0 Å².